The van der Waals surface area contributed by atoms with Crippen molar-refractivity contribution in [3.8, 4) is 17.1 Å². The quantitative estimate of drug-likeness (QED) is 0.703. The molecule has 3 aromatic rings. The lowest BCUT2D eigenvalue weighted by Gasteiger charge is -2.09. The zero-order valence-corrected chi connectivity index (χ0v) is 16.0. The number of fused-ring (bicyclic) bond motifs is 1. The van der Waals surface area contributed by atoms with E-state index in [-0.39, 0.29) is 11.4 Å². The third-order valence-electron chi connectivity index (χ3n) is 4.74. The molecule has 0 aliphatic carbocycles. The van der Waals surface area contributed by atoms with Crippen LogP contribution in [0.4, 0.5) is 0 Å². The van der Waals surface area contributed by atoms with Gasteiger partial charge in [-0.1, -0.05) is 0 Å². The van der Waals surface area contributed by atoms with Gasteiger partial charge in [0.1, 0.15) is 11.5 Å². The van der Waals surface area contributed by atoms with Gasteiger partial charge in [-0.25, -0.2) is 13.1 Å². The van der Waals surface area contributed by atoms with Crippen LogP contribution in [0.1, 0.15) is 17.0 Å². The molecule has 1 aromatic carbocycles. The van der Waals surface area contributed by atoms with Crippen LogP contribution in [0.2, 0.25) is 0 Å². The second kappa shape index (κ2) is 6.86. The summed E-state index contributed by atoms with van der Waals surface area (Å²) in [6, 6.07) is 8.70. The Kier molecular flexibility index (Phi) is 4.53. The smallest absolute Gasteiger partial charge is 0.240 e. The van der Waals surface area contributed by atoms with Crippen molar-refractivity contribution >= 4 is 10.0 Å². The van der Waals surface area contributed by atoms with E-state index in [1.54, 1.807) is 29.1 Å². The molecule has 1 aliphatic rings. The molecule has 142 valence electrons. The molecule has 0 saturated carbocycles. The van der Waals surface area contributed by atoms with Crippen molar-refractivity contribution in [3.05, 3.63) is 53.5 Å². The van der Waals surface area contributed by atoms with Gasteiger partial charge in [0.2, 0.25) is 10.0 Å². The normalized spacial score (nSPS) is 13.6. The Balaban J connectivity index is 1.46. The third-order valence-corrected chi connectivity index (χ3v) is 6.19. The van der Waals surface area contributed by atoms with E-state index in [9.17, 15) is 8.42 Å². The summed E-state index contributed by atoms with van der Waals surface area (Å²) >= 11 is 0. The van der Waals surface area contributed by atoms with E-state index in [2.05, 4.69) is 9.82 Å². The molecular weight excluding hydrogens is 366 g/mol. The highest BCUT2D eigenvalue weighted by atomic mass is 32.2. The molecule has 1 N–H and O–H groups in total. The molecule has 0 spiro atoms. The predicted molar refractivity (Wildman–Crippen MR) is 100 cm³/mol. The van der Waals surface area contributed by atoms with Gasteiger partial charge in [0.25, 0.3) is 0 Å². The van der Waals surface area contributed by atoms with Crippen LogP contribution in [0.25, 0.3) is 11.3 Å². The highest BCUT2D eigenvalue weighted by Gasteiger charge is 2.20. The van der Waals surface area contributed by atoms with Crippen molar-refractivity contribution in [2.24, 2.45) is 0 Å². The fraction of sp³-hybridized carbons (Fsp3) is 0.316. The Hall–Kier alpha value is -2.58. The van der Waals surface area contributed by atoms with E-state index in [0.29, 0.717) is 13.2 Å². The highest BCUT2D eigenvalue weighted by molar-refractivity contribution is 7.89. The Bertz CT molecular complexity index is 1070. The van der Waals surface area contributed by atoms with Gasteiger partial charge in [0.05, 0.1) is 35.6 Å². The maximum Gasteiger partial charge on any atom is 0.240 e. The molecular formula is C19H21N3O4S. The maximum atomic E-state index is 12.6. The zero-order valence-electron chi connectivity index (χ0n) is 15.2. The van der Waals surface area contributed by atoms with Crippen LogP contribution in [-0.2, 0) is 23.0 Å². The molecule has 0 fully saturated rings. The minimum atomic E-state index is -3.58. The van der Waals surface area contributed by atoms with Crippen LogP contribution in [-0.4, -0.2) is 31.3 Å². The van der Waals surface area contributed by atoms with Crippen LogP contribution >= 0.6 is 0 Å². The Morgan fingerprint density at radius 2 is 2.11 bits per heavy atom. The number of nitrogens with one attached hydrogen (secondary N) is 1. The Morgan fingerprint density at radius 3 is 2.89 bits per heavy atom. The summed E-state index contributed by atoms with van der Waals surface area (Å²) in [6.45, 7) is 5.14. The van der Waals surface area contributed by atoms with Gasteiger partial charge in [-0.2, -0.15) is 5.10 Å². The summed E-state index contributed by atoms with van der Waals surface area (Å²) in [6.07, 6.45) is 2.36. The standard InChI is InChI=1S/C19H21N3O4S/c1-13-19(18-4-3-10-25-18)14(2)22(21-13)9-8-20-27(23,24)16-5-6-17-15(12-16)7-11-26-17/h3-6,10,12,20H,7-9,11H2,1-2H3. The number of aryl methyl sites for hydroxylation is 1. The topological polar surface area (TPSA) is 86.4 Å². The van der Waals surface area contributed by atoms with E-state index in [4.69, 9.17) is 9.15 Å². The fourth-order valence-corrected chi connectivity index (χ4v) is 4.46. The van der Waals surface area contributed by atoms with E-state index in [1.165, 1.54) is 0 Å². The van der Waals surface area contributed by atoms with Gasteiger partial charge in [-0.3, -0.25) is 4.68 Å². The lowest BCUT2D eigenvalue weighted by atomic mass is 10.1. The monoisotopic (exact) mass is 387 g/mol. The average molecular weight is 387 g/mol. The van der Waals surface area contributed by atoms with Crippen molar-refractivity contribution in [2.75, 3.05) is 13.2 Å². The molecule has 0 saturated heterocycles. The number of hydrogen-bond acceptors (Lipinski definition) is 5. The molecule has 3 heterocycles. The highest BCUT2D eigenvalue weighted by Crippen LogP contribution is 2.28. The molecule has 8 heteroatoms. The Morgan fingerprint density at radius 1 is 1.26 bits per heavy atom. The number of rotatable bonds is 6. The minimum Gasteiger partial charge on any atom is -0.493 e. The molecule has 0 amide bonds. The van der Waals surface area contributed by atoms with Gasteiger partial charge in [-0.05, 0) is 49.7 Å². The summed E-state index contributed by atoms with van der Waals surface area (Å²) < 4.78 is 40.5. The summed E-state index contributed by atoms with van der Waals surface area (Å²) in [4.78, 5) is 0.261. The first-order valence-electron chi connectivity index (χ1n) is 8.79. The largest absolute Gasteiger partial charge is 0.493 e. The van der Waals surface area contributed by atoms with Crippen molar-refractivity contribution in [3.63, 3.8) is 0 Å². The van der Waals surface area contributed by atoms with Gasteiger partial charge < -0.3 is 9.15 Å². The van der Waals surface area contributed by atoms with E-state index < -0.39 is 10.0 Å². The lowest BCUT2D eigenvalue weighted by molar-refractivity contribution is 0.356. The van der Waals surface area contributed by atoms with Gasteiger partial charge in [0, 0.05) is 18.7 Å². The number of ether oxygens (including phenoxy) is 1. The average Bonchev–Trinajstić information content (AvgIpc) is 3.35. The second-order valence-corrected chi connectivity index (χ2v) is 8.28. The number of nitrogens with zero attached hydrogens (tertiary/aromatic N) is 2. The van der Waals surface area contributed by atoms with Crippen LogP contribution in [0.3, 0.4) is 0 Å². The van der Waals surface area contributed by atoms with Crippen molar-refractivity contribution < 1.29 is 17.6 Å². The number of sulfonamides is 1. The third kappa shape index (κ3) is 3.38. The molecule has 0 radical (unpaired) electrons. The van der Waals surface area contributed by atoms with Crippen molar-refractivity contribution in [1.82, 2.24) is 14.5 Å². The van der Waals surface area contributed by atoms with Gasteiger partial charge in [-0.15, -0.1) is 0 Å². The van der Waals surface area contributed by atoms with E-state index in [0.717, 1.165) is 40.4 Å². The van der Waals surface area contributed by atoms with Crippen molar-refractivity contribution in [2.45, 2.75) is 31.7 Å². The fourth-order valence-electron chi connectivity index (χ4n) is 3.39. The summed E-state index contributed by atoms with van der Waals surface area (Å²) in [7, 11) is -3.58. The van der Waals surface area contributed by atoms with E-state index >= 15 is 0 Å². The molecule has 7 nitrogen and oxygen atoms in total. The number of benzene rings is 1. The Labute approximate surface area is 158 Å². The molecule has 2 aromatic heterocycles. The van der Waals surface area contributed by atoms with E-state index in [1.807, 2.05) is 26.0 Å². The first-order chi connectivity index (χ1) is 13.0. The first kappa shape index (κ1) is 17.8. The predicted octanol–water partition coefficient (Wildman–Crippen LogP) is 2.67. The second-order valence-electron chi connectivity index (χ2n) is 6.51. The molecule has 0 bridgehead atoms. The molecule has 4 rings (SSSR count). The molecule has 1 aliphatic heterocycles. The number of furan rings is 1. The van der Waals surface area contributed by atoms with Gasteiger partial charge >= 0.3 is 0 Å². The minimum absolute atomic E-state index is 0.246. The van der Waals surface area contributed by atoms with Crippen LogP contribution < -0.4 is 9.46 Å². The zero-order chi connectivity index (χ0) is 19.0. The summed E-state index contributed by atoms with van der Waals surface area (Å²) in [5.41, 5.74) is 3.67. The first-order valence-corrected chi connectivity index (χ1v) is 10.3. The van der Waals surface area contributed by atoms with Gasteiger partial charge in [0.15, 0.2) is 0 Å². The lowest BCUT2D eigenvalue weighted by Crippen LogP contribution is -2.28. The van der Waals surface area contributed by atoms with Crippen LogP contribution in [0.5, 0.6) is 5.75 Å². The summed E-state index contributed by atoms with van der Waals surface area (Å²) in [5, 5.41) is 4.51. The molecule has 0 atom stereocenters. The number of hydrogen-bond donors (Lipinski definition) is 1. The SMILES string of the molecule is Cc1nn(CCNS(=O)(=O)c2ccc3c(c2)CCO3)c(C)c1-c1ccco1. The van der Waals surface area contributed by atoms with Crippen molar-refractivity contribution in [1.29, 1.82) is 0 Å². The van der Waals surface area contributed by atoms with Crippen LogP contribution in [0.15, 0.2) is 45.9 Å². The molecule has 0 unspecified atom stereocenters. The maximum absolute atomic E-state index is 12.6. The molecule has 27 heavy (non-hydrogen) atoms. The number of aromatic nitrogens is 2. The van der Waals surface area contributed by atoms with Crippen LogP contribution in [0, 0.1) is 13.8 Å². The summed E-state index contributed by atoms with van der Waals surface area (Å²) in [5.74, 6) is 1.53.